The molecule has 0 fully saturated rings. The van der Waals surface area contributed by atoms with E-state index in [4.69, 9.17) is 4.74 Å². The van der Waals surface area contributed by atoms with Crippen LogP contribution in [0.25, 0.3) is 11.1 Å². The van der Waals surface area contributed by atoms with Crippen LogP contribution in [0, 0.1) is 0 Å². The van der Waals surface area contributed by atoms with E-state index in [9.17, 15) is 0 Å². The van der Waals surface area contributed by atoms with Gasteiger partial charge in [0.15, 0.2) is 0 Å². The maximum atomic E-state index is 5.28. The molecule has 0 aliphatic heterocycles. The highest BCUT2D eigenvalue weighted by Crippen LogP contribution is 2.22. The van der Waals surface area contributed by atoms with Crippen LogP contribution in [0.4, 0.5) is 0 Å². The van der Waals surface area contributed by atoms with Crippen molar-refractivity contribution in [3.05, 3.63) is 60.2 Å². The van der Waals surface area contributed by atoms with Gasteiger partial charge in [0.1, 0.15) is 0 Å². The van der Waals surface area contributed by atoms with Crippen molar-refractivity contribution >= 4 is 0 Å². The van der Waals surface area contributed by atoms with Gasteiger partial charge in [-0.25, -0.2) is 0 Å². The fourth-order valence-corrected chi connectivity index (χ4v) is 1.71. The number of hydrogen-bond donors (Lipinski definition) is 0. The SMILES string of the molecule is COC(C)c1ccc(-c2ccccc2)cc1. The average molecular weight is 212 g/mol. The molecular formula is C15H16O. The first-order chi connectivity index (χ1) is 7.81. The maximum absolute atomic E-state index is 5.28. The second-order valence-corrected chi connectivity index (χ2v) is 3.87. The molecule has 82 valence electrons. The van der Waals surface area contributed by atoms with E-state index < -0.39 is 0 Å². The summed E-state index contributed by atoms with van der Waals surface area (Å²) in [6, 6.07) is 18.9. The Balaban J connectivity index is 2.26. The van der Waals surface area contributed by atoms with Gasteiger partial charge in [-0.2, -0.15) is 0 Å². The summed E-state index contributed by atoms with van der Waals surface area (Å²) in [6.45, 7) is 2.05. The third-order valence-corrected chi connectivity index (χ3v) is 2.84. The predicted octanol–water partition coefficient (Wildman–Crippen LogP) is 4.06. The van der Waals surface area contributed by atoms with Crippen LogP contribution in [0.1, 0.15) is 18.6 Å². The van der Waals surface area contributed by atoms with Gasteiger partial charge in [-0.1, -0.05) is 54.6 Å². The smallest absolute Gasteiger partial charge is 0.0793 e. The molecule has 2 rings (SSSR count). The fraction of sp³-hybridized carbons (Fsp3) is 0.200. The van der Waals surface area contributed by atoms with Crippen LogP contribution in [0.2, 0.25) is 0 Å². The summed E-state index contributed by atoms with van der Waals surface area (Å²) in [7, 11) is 1.73. The lowest BCUT2D eigenvalue weighted by Crippen LogP contribution is -1.94. The van der Waals surface area contributed by atoms with Crippen LogP contribution in [-0.4, -0.2) is 7.11 Å². The highest BCUT2D eigenvalue weighted by molar-refractivity contribution is 5.63. The average Bonchev–Trinajstić information content (AvgIpc) is 2.39. The number of hydrogen-bond acceptors (Lipinski definition) is 1. The summed E-state index contributed by atoms with van der Waals surface area (Å²) in [4.78, 5) is 0. The van der Waals surface area contributed by atoms with E-state index in [1.807, 2.05) is 6.07 Å². The van der Waals surface area contributed by atoms with Crippen molar-refractivity contribution in [3.63, 3.8) is 0 Å². The van der Waals surface area contributed by atoms with Crippen LogP contribution in [0.3, 0.4) is 0 Å². The van der Waals surface area contributed by atoms with E-state index in [2.05, 4.69) is 55.5 Å². The standard InChI is InChI=1S/C15H16O/c1-12(16-2)13-8-10-15(11-9-13)14-6-4-3-5-7-14/h3-12H,1-2H3. The quantitative estimate of drug-likeness (QED) is 0.745. The van der Waals surface area contributed by atoms with E-state index in [0.29, 0.717) is 0 Å². The van der Waals surface area contributed by atoms with Crippen molar-refractivity contribution in [1.29, 1.82) is 0 Å². The monoisotopic (exact) mass is 212 g/mol. The molecular weight excluding hydrogens is 196 g/mol. The fourth-order valence-electron chi connectivity index (χ4n) is 1.71. The van der Waals surface area contributed by atoms with Crippen LogP contribution in [-0.2, 0) is 4.74 Å². The van der Waals surface area contributed by atoms with E-state index in [1.54, 1.807) is 7.11 Å². The first-order valence-corrected chi connectivity index (χ1v) is 5.49. The highest BCUT2D eigenvalue weighted by Gasteiger charge is 2.03. The molecule has 0 amide bonds. The summed E-state index contributed by atoms with van der Waals surface area (Å²) in [6.07, 6.45) is 0.157. The number of ether oxygens (including phenoxy) is 1. The Morgan fingerprint density at radius 3 is 1.94 bits per heavy atom. The Morgan fingerprint density at radius 1 is 0.812 bits per heavy atom. The van der Waals surface area contributed by atoms with Crippen molar-refractivity contribution in [1.82, 2.24) is 0 Å². The lowest BCUT2D eigenvalue weighted by Gasteiger charge is -2.10. The summed E-state index contributed by atoms with van der Waals surface area (Å²) < 4.78 is 5.28. The van der Waals surface area contributed by atoms with E-state index in [0.717, 1.165) is 0 Å². The van der Waals surface area contributed by atoms with Crippen molar-refractivity contribution < 1.29 is 4.74 Å². The molecule has 0 aromatic heterocycles. The zero-order chi connectivity index (χ0) is 11.4. The van der Waals surface area contributed by atoms with Crippen molar-refractivity contribution in [2.24, 2.45) is 0 Å². The van der Waals surface area contributed by atoms with Crippen LogP contribution in [0.5, 0.6) is 0 Å². The molecule has 0 bridgehead atoms. The third kappa shape index (κ3) is 2.31. The number of benzene rings is 2. The van der Waals surface area contributed by atoms with Gasteiger partial charge in [-0.15, -0.1) is 0 Å². The summed E-state index contributed by atoms with van der Waals surface area (Å²) >= 11 is 0. The first-order valence-electron chi connectivity index (χ1n) is 5.49. The Hall–Kier alpha value is -1.60. The van der Waals surface area contributed by atoms with E-state index in [1.165, 1.54) is 16.7 Å². The molecule has 0 radical (unpaired) electrons. The molecule has 1 heteroatoms. The topological polar surface area (TPSA) is 9.23 Å². The molecule has 1 atom stereocenters. The molecule has 2 aromatic carbocycles. The van der Waals surface area contributed by atoms with Gasteiger partial charge in [-0.05, 0) is 23.6 Å². The molecule has 0 saturated heterocycles. The molecule has 0 N–H and O–H groups in total. The highest BCUT2D eigenvalue weighted by atomic mass is 16.5. The minimum absolute atomic E-state index is 0.157. The van der Waals surface area contributed by atoms with Gasteiger partial charge in [0.2, 0.25) is 0 Å². The van der Waals surface area contributed by atoms with Crippen molar-refractivity contribution in [3.8, 4) is 11.1 Å². The Bertz CT molecular complexity index is 431. The van der Waals surface area contributed by atoms with Crippen LogP contribution >= 0.6 is 0 Å². The van der Waals surface area contributed by atoms with Crippen molar-refractivity contribution in [2.75, 3.05) is 7.11 Å². The lowest BCUT2D eigenvalue weighted by atomic mass is 10.0. The molecule has 0 spiro atoms. The van der Waals surface area contributed by atoms with Crippen LogP contribution in [0.15, 0.2) is 54.6 Å². The maximum Gasteiger partial charge on any atom is 0.0793 e. The molecule has 0 aliphatic carbocycles. The number of methoxy groups -OCH3 is 1. The largest absolute Gasteiger partial charge is 0.377 e. The Morgan fingerprint density at radius 2 is 1.38 bits per heavy atom. The van der Waals surface area contributed by atoms with E-state index >= 15 is 0 Å². The second kappa shape index (κ2) is 4.95. The minimum atomic E-state index is 0.157. The summed E-state index contributed by atoms with van der Waals surface area (Å²) in [5.41, 5.74) is 3.70. The van der Waals surface area contributed by atoms with E-state index in [-0.39, 0.29) is 6.10 Å². The summed E-state index contributed by atoms with van der Waals surface area (Å²) in [5, 5.41) is 0. The number of rotatable bonds is 3. The normalized spacial score (nSPS) is 12.4. The molecule has 0 saturated carbocycles. The molecule has 2 aromatic rings. The van der Waals surface area contributed by atoms with Gasteiger partial charge in [0.05, 0.1) is 6.10 Å². The van der Waals surface area contributed by atoms with Crippen molar-refractivity contribution in [2.45, 2.75) is 13.0 Å². The third-order valence-electron chi connectivity index (χ3n) is 2.84. The Kier molecular flexibility index (Phi) is 3.37. The van der Waals surface area contributed by atoms with Gasteiger partial charge in [0.25, 0.3) is 0 Å². The predicted molar refractivity (Wildman–Crippen MR) is 67.3 cm³/mol. The Labute approximate surface area is 96.7 Å². The van der Waals surface area contributed by atoms with Gasteiger partial charge < -0.3 is 4.74 Å². The molecule has 1 nitrogen and oxygen atoms in total. The van der Waals surface area contributed by atoms with Gasteiger partial charge in [-0.3, -0.25) is 0 Å². The minimum Gasteiger partial charge on any atom is -0.377 e. The molecule has 1 unspecified atom stereocenters. The van der Waals surface area contributed by atoms with Crippen LogP contribution < -0.4 is 0 Å². The lowest BCUT2D eigenvalue weighted by molar-refractivity contribution is 0.119. The first kappa shape index (κ1) is 10.9. The molecule has 0 aliphatic rings. The second-order valence-electron chi connectivity index (χ2n) is 3.87. The summed E-state index contributed by atoms with van der Waals surface area (Å²) in [5.74, 6) is 0. The van der Waals surface area contributed by atoms with Gasteiger partial charge in [0, 0.05) is 7.11 Å². The molecule has 16 heavy (non-hydrogen) atoms. The zero-order valence-electron chi connectivity index (χ0n) is 9.68. The molecule has 0 heterocycles. The van der Waals surface area contributed by atoms with Gasteiger partial charge >= 0.3 is 0 Å². The zero-order valence-corrected chi connectivity index (χ0v) is 9.68.